The molecule has 7 nitrogen and oxygen atoms in total. The van der Waals surface area contributed by atoms with Gasteiger partial charge in [0.05, 0.1) is 25.6 Å². The lowest BCUT2D eigenvalue weighted by Crippen LogP contribution is -2.58. The molecule has 1 amide bonds. The Hall–Kier alpha value is -2.75. The first kappa shape index (κ1) is 20.5. The summed E-state index contributed by atoms with van der Waals surface area (Å²) < 4.78 is 5.30. The molecule has 0 saturated heterocycles. The standard InChI is InChI=1S/C23H31N5O2/c1-22(6-7-24,28-17-4-3-5-18(10-17)30-2)20(25)27-19-15-8-14-9-16(19)13-23(11-14,12-15)21(26)29/h3-5,10,14-16,19,28H,6,8-9,11-13H2,1-2H3,(H2,25,27)(H2,26,29). The van der Waals surface area contributed by atoms with Gasteiger partial charge in [-0.3, -0.25) is 9.79 Å². The molecule has 3 atom stereocenters. The number of methoxy groups -OCH3 is 1. The number of hydrogen-bond acceptors (Lipinski definition) is 5. The molecule has 0 heterocycles. The molecule has 160 valence electrons. The SMILES string of the molecule is COc1cccc(NC(C)(CC#N)C(N)=NC2C3CC4CC2CC(C(N)=O)(C4)C3)c1. The Morgan fingerprint density at radius 1 is 1.33 bits per heavy atom. The molecule has 1 aromatic rings. The van der Waals surface area contributed by atoms with Crippen molar-refractivity contribution in [2.45, 2.75) is 57.0 Å². The monoisotopic (exact) mass is 409 g/mol. The molecule has 4 bridgehead atoms. The van der Waals surface area contributed by atoms with Crippen LogP contribution in [0, 0.1) is 34.5 Å². The van der Waals surface area contributed by atoms with Crippen LogP contribution in [0.15, 0.2) is 29.3 Å². The Bertz CT molecular complexity index is 891. The predicted molar refractivity (Wildman–Crippen MR) is 116 cm³/mol. The average molecular weight is 410 g/mol. The molecular weight excluding hydrogens is 378 g/mol. The lowest BCUT2D eigenvalue weighted by Gasteiger charge is -2.57. The van der Waals surface area contributed by atoms with Crippen LogP contribution in [-0.4, -0.2) is 30.4 Å². The van der Waals surface area contributed by atoms with Gasteiger partial charge in [-0.25, -0.2) is 0 Å². The smallest absolute Gasteiger partial charge is 0.223 e. The summed E-state index contributed by atoms with van der Waals surface area (Å²) in [5.74, 6) is 2.27. The number of primary amides is 1. The molecular formula is C23H31N5O2. The van der Waals surface area contributed by atoms with E-state index in [2.05, 4.69) is 11.4 Å². The van der Waals surface area contributed by atoms with E-state index in [9.17, 15) is 10.1 Å². The van der Waals surface area contributed by atoms with Crippen LogP contribution >= 0.6 is 0 Å². The number of anilines is 1. The van der Waals surface area contributed by atoms with Crippen LogP contribution in [0.25, 0.3) is 0 Å². The van der Waals surface area contributed by atoms with E-state index in [0.717, 1.165) is 43.5 Å². The van der Waals surface area contributed by atoms with E-state index in [1.54, 1.807) is 7.11 Å². The summed E-state index contributed by atoms with van der Waals surface area (Å²) in [6, 6.07) is 9.90. The number of ether oxygens (including phenoxy) is 1. The number of aliphatic imine (C=N–C) groups is 1. The molecule has 4 aliphatic rings. The Morgan fingerprint density at radius 3 is 2.63 bits per heavy atom. The molecule has 4 aliphatic carbocycles. The number of nitrogens with two attached hydrogens (primary N) is 2. The summed E-state index contributed by atoms with van der Waals surface area (Å²) in [7, 11) is 1.62. The Labute approximate surface area is 177 Å². The molecule has 4 fully saturated rings. The van der Waals surface area contributed by atoms with Crippen LogP contribution < -0.4 is 21.5 Å². The van der Waals surface area contributed by atoms with Crippen LogP contribution in [0.2, 0.25) is 0 Å². The van der Waals surface area contributed by atoms with E-state index in [4.69, 9.17) is 21.2 Å². The van der Waals surface area contributed by atoms with Crippen molar-refractivity contribution in [3.05, 3.63) is 24.3 Å². The fourth-order valence-corrected chi connectivity index (χ4v) is 6.19. The van der Waals surface area contributed by atoms with Crippen molar-refractivity contribution in [1.29, 1.82) is 5.26 Å². The van der Waals surface area contributed by atoms with Gasteiger partial charge in [-0.05, 0) is 68.9 Å². The summed E-state index contributed by atoms with van der Waals surface area (Å²) in [5.41, 5.74) is 12.0. The third-order valence-corrected chi connectivity index (χ3v) is 7.52. The van der Waals surface area contributed by atoms with Gasteiger partial charge in [0, 0.05) is 17.2 Å². The Morgan fingerprint density at radius 2 is 2.03 bits per heavy atom. The average Bonchev–Trinajstić information content (AvgIpc) is 2.70. The molecule has 30 heavy (non-hydrogen) atoms. The van der Waals surface area contributed by atoms with Crippen LogP contribution in [-0.2, 0) is 4.79 Å². The van der Waals surface area contributed by atoms with E-state index in [1.807, 2.05) is 31.2 Å². The van der Waals surface area contributed by atoms with Gasteiger partial charge in [0.2, 0.25) is 5.91 Å². The van der Waals surface area contributed by atoms with E-state index >= 15 is 0 Å². The van der Waals surface area contributed by atoms with E-state index < -0.39 is 5.54 Å². The lowest BCUT2D eigenvalue weighted by atomic mass is 9.48. The fraction of sp³-hybridized carbons (Fsp3) is 0.609. The number of carbonyl (C=O) groups excluding carboxylic acids is 1. The summed E-state index contributed by atoms with van der Waals surface area (Å²) in [6.45, 7) is 1.91. The zero-order valence-corrected chi connectivity index (χ0v) is 17.7. The molecule has 0 aromatic heterocycles. The highest BCUT2D eigenvalue weighted by Gasteiger charge is 2.58. The summed E-state index contributed by atoms with van der Waals surface area (Å²) in [4.78, 5) is 17.2. The van der Waals surface area contributed by atoms with Crippen molar-refractivity contribution in [2.24, 2.45) is 39.6 Å². The second kappa shape index (κ2) is 7.50. The van der Waals surface area contributed by atoms with Crippen LogP contribution in [0.3, 0.4) is 0 Å². The van der Waals surface area contributed by atoms with Crippen molar-refractivity contribution in [1.82, 2.24) is 0 Å². The Balaban J connectivity index is 1.59. The van der Waals surface area contributed by atoms with Crippen molar-refractivity contribution in [3.8, 4) is 11.8 Å². The predicted octanol–water partition coefficient (Wildman–Crippen LogP) is 2.82. The van der Waals surface area contributed by atoms with Crippen LogP contribution in [0.5, 0.6) is 5.75 Å². The van der Waals surface area contributed by atoms with E-state index in [0.29, 0.717) is 23.6 Å². The van der Waals surface area contributed by atoms with Gasteiger partial charge in [0.1, 0.15) is 17.1 Å². The minimum Gasteiger partial charge on any atom is -0.497 e. The highest BCUT2D eigenvalue weighted by molar-refractivity contribution is 5.93. The quantitative estimate of drug-likeness (QED) is 0.471. The van der Waals surface area contributed by atoms with Gasteiger partial charge >= 0.3 is 0 Å². The lowest BCUT2D eigenvalue weighted by molar-refractivity contribution is -0.144. The minimum atomic E-state index is -0.794. The van der Waals surface area contributed by atoms with Gasteiger partial charge < -0.3 is 21.5 Å². The maximum absolute atomic E-state index is 12.2. The molecule has 1 aromatic carbocycles. The highest BCUT2D eigenvalue weighted by Crippen LogP contribution is 2.60. The second-order valence-electron chi connectivity index (χ2n) is 9.64. The zero-order chi connectivity index (χ0) is 21.5. The number of amidine groups is 1. The third-order valence-electron chi connectivity index (χ3n) is 7.52. The topological polar surface area (TPSA) is 127 Å². The van der Waals surface area contributed by atoms with Gasteiger partial charge in [-0.15, -0.1) is 0 Å². The van der Waals surface area contributed by atoms with Crippen molar-refractivity contribution in [3.63, 3.8) is 0 Å². The van der Waals surface area contributed by atoms with E-state index in [-0.39, 0.29) is 23.8 Å². The number of rotatable bonds is 7. The number of nitriles is 1. The number of nitrogens with one attached hydrogen (secondary N) is 1. The number of nitrogens with zero attached hydrogens (tertiary/aromatic N) is 2. The fourth-order valence-electron chi connectivity index (χ4n) is 6.19. The molecule has 3 unspecified atom stereocenters. The van der Waals surface area contributed by atoms with Crippen LogP contribution in [0.4, 0.5) is 5.69 Å². The summed E-state index contributed by atoms with van der Waals surface area (Å²) >= 11 is 0. The van der Waals surface area contributed by atoms with Gasteiger partial charge in [-0.2, -0.15) is 5.26 Å². The maximum Gasteiger partial charge on any atom is 0.223 e. The first-order chi connectivity index (χ1) is 14.3. The van der Waals surface area contributed by atoms with Crippen molar-refractivity contribution in [2.75, 3.05) is 12.4 Å². The summed E-state index contributed by atoms with van der Waals surface area (Å²) in [6.07, 6.45) is 4.93. The van der Waals surface area contributed by atoms with Crippen molar-refractivity contribution < 1.29 is 9.53 Å². The highest BCUT2D eigenvalue weighted by atomic mass is 16.5. The minimum absolute atomic E-state index is 0.0964. The summed E-state index contributed by atoms with van der Waals surface area (Å²) in [5, 5.41) is 12.9. The van der Waals surface area contributed by atoms with Crippen molar-refractivity contribution >= 4 is 17.4 Å². The molecule has 0 aliphatic heterocycles. The normalized spacial score (nSPS) is 34.1. The molecule has 0 spiro atoms. The maximum atomic E-state index is 12.2. The zero-order valence-electron chi connectivity index (χ0n) is 17.7. The van der Waals surface area contributed by atoms with Gasteiger partial charge in [-0.1, -0.05) is 6.07 Å². The molecule has 4 saturated carbocycles. The first-order valence-electron chi connectivity index (χ1n) is 10.7. The van der Waals surface area contributed by atoms with E-state index in [1.165, 1.54) is 0 Å². The molecule has 7 heteroatoms. The largest absolute Gasteiger partial charge is 0.497 e. The molecule has 5 rings (SSSR count). The Kier molecular flexibility index (Phi) is 5.13. The number of carbonyl (C=O) groups is 1. The van der Waals surface area contributed by atoms with Gasteiger partial charge in [0.25, 0.3) is 0 Å². The first-order valence-corrected chi connectivity index (χ1v) is 10.7. The number of benzene rings is 1. The third kappa shape index (κ3) is 3.49. The van der Waals surface area contributed by atoms with Gasteiger partial charge in [0.15, 0.2) is 0 Å². The number of hydrogen-bond donors (Lipinski definition) is 3. The molecule has 0 radical (unpaired) electrons. The van der Waals surface area contributed by atoms with Crippen LogP contribution in [0.1, 0.15) is 45.4 Å². The second-order valence-corrected chi connectivity index (χ2v) is 9.64. The number of amides is 1. The molecule has 5 N–H and O–H groups in total.